The highest BCUT2D eigenvalue weighted by molar-refractivity contribution is 5.94. The van der Waals surface area contributed by atoms with E-state index in [-0.39, 0.29) is 12.1 Å². The lowest BCUT2D eigenvalue weighted by atomic mass is 10.1. The van der Waals surface area contributed by atoms with Gasteiger partial charge in [0.05, 0.1) is 5.56 Å². The molecule has 128 valence electrons. The van der Waals surface area contributed by atoms with Gasteiger partial charge in [0, 0.05) is 19.2 Å². The van der Waals surface area contributed by atoms with E-state index in [1.165, 1.54) is 0 Å². The molecule has 0 bridgehead atoms. The molecule has 0 aromatic heterocycles. The van der Waals surface area contributed by atoms with E-state index >= 15 is 0 Å². The van der Waals surface area contributed by atoms with E-state index in [0.717, 1.165) is 30.0 Å². The van der Waals surface area contributed by atoms with Crippen LogP contribution in [0.2, 0.25) is 0 Å². The normalized spacial score (nSPS) is 10.7. The molecular weight excluding hydrogens is 314 g/mol. The number of nitrogens with zero attached hydrogens (tertiary/aromatic N) is 1. The summed E-state index contributed by atoms with van der Waals surface area (Å²) in [4.78, 5) is 13.9. The number of nitrogens with one attached hydrogen (secondary N) is 1. The number of amides is 1. The maximum Gasteiger partial charge on any atom is 0.254 e. The van der Waals surface area contributed by atoms with Gasteiger partial charge in [0.1, 0.15) is 24.0 Å². The number of carbonyl (C=O) groups is 1. The monoisotopic (exact) mass is 334 g/mol. The number of hydrogen-bond donors (Lipinski definition) is 1. The first-order valence-corrected chi connectivity index (χ1v) is 7.55. The molecule has 2 aromatic rings. The summed E-state index contributed by atoms with van der Waals surface area (Å²) in [6.45, 7) is 1.65. The van der Waals surface area contributed by atoms with Gasteiger partial charge in [0.25, 0.3) is 5.91 Å². The van der Waals surface area contributed by atoms with Crippen LogP contribution >= 0.6 is 0 Å². The Bertz CT molecular complexity index is 688. The van der Waals surface area contributed by atoms with E-state index in [4.69, 9.17) is 4.74 Å². The Labute approximate surface area is 140 Å². The Morgan fingerprint density at radius 2 is 1.83 bits per heavy atom. The third kappa shape index (κ3) is 5.31. The van der Waals surface area contributed by atoms with Gasteiger partial charge < -0.3 is 15.0 Å². The Morgan fingerprint density at radius 1 is 1.12 bits per heavy atom. The van der Waals surface area contributed by atoms with Crippen molar-refractivity contribution in [3.8, 4) is 5.75 Å². The molecule has 0 saturated carbocycles. The summed E-state index contributed by atoms with van der Waals surface area (Å²) in [5, 5.41) is 2.60. The molecule has 0 spiro atoms. The second-order valence-electron chi connectivity index (χ2n) is 5.60. The first kappa shape index (κ1) is 17.9. The molecule has 0 heterocycles. The molecule has 0 aliphatic heterocycles. The molecule has 0 aliphatic rings. The molecular formula is C18H20F2N2O2. The van der Waals surface area contributed by atoms with Gasteiger partial charge in [0.15, 0.2) is 0 Å². The fraction of sp³-hybridized carbons (Fsp3) is 0.278. The molecule has 1 amide bonds. The van der Waals surface area contributed by atoms with Crippen LogP contribution in [0, 0.1) is 11.6 Å². The van der Waals surface area contributed by atoms with Crippen molar-refractivity contribution < 1.29 is 18.3 Å². The van der Waals surface area contributed by atoms with Crippen LogP contribution in [0.25, 0.3) is 0 Å². The van der Waals surface area contributed by atoms with E-state index in [1.807, 2.05) is 43.3 Å². The quantitative estimate of drug-likeness (QED) is 0.847. The van der Waals surface area contributed by atoms with Crippen molar-refractivity contribution in [2.75, 3.05) is 27.2 Å². The Hall–Kier alpha value is -2.47. The molecule has 0 saturated heterocycles. The molecule has 24 heavy (non-hydrogen) atoms. The number of rotatable bonds is 7. The number of benzene rings is 2. The fourth-order valence-corrected chi connectivity index (χ4v) is 2.00. The summed E-state index contributed by atoms with van der Waals surface area (Å²) in [6.07, 6.45) is 0. The molecule has 0 fully saturated rings. The lowest BCUT2D eigenvalue weighted by Gasteiger charge is -2.11. The topological polar surface area (TPSA) is 41.6 Å². The van der Waals surface area contributed by atoms with Crippen molar-refractivity contribution in [3.05, 3.63) is 65.2 Å². The van der Waals surface area contributed by atoms with Gasteiger partial charge in [-0.05, 0) is 43.9 Å². The van der Waals surface area contributed by atoms with E-state index in [1.54, 1.807) is 0 Å². The van der Waals surface area contributed by atoms with Crippen molar-refractivity contribution in [3.63, 3.8) is 0 Å². The van der Waals surface area contributed by atoms with Crippen LogP contribution in [-0.4, -0.2) is 38.1 Å². The molecule has 2 rings (SSSR count). The minimum absolute atomic E-state index is 0.181. The summed E-state index contributed by atoms with van der Waals surface area (Å²) in [7, 11) is 3.94. The lowest BCUT2D eigenvalue weighted by Crippen LogP contribution is -2.23. The third-order valence-electron chi connectivity index (χ3n) is 3.36. The van der Waals surface area contributed by atoms with Crippen LogP contribution in [0.5, 0.6) is 5.75 Å². The molecule has 4 nitrogen and oxygen atoms in total. The van der Waals surface area contributed by atoms with E-state index in [9.17, 15) is 13.6 Å². The number of ether oxygens (including phenoxy) is 1. The first-order valence-electron chi connectivity index (χ1n) is 7.55. The summed E-state index contributed by atoms with van der Waals surface area (Å²) >= 11 is 0. The predicted octanol–water partition coefficient (Wildman–Crippen LogP) is 2.84. The summed E-state index contributed by atoms with van der Waals surface area (Å²) in [6, 6.07) is 10.2. The standard InChI is InChI=1S/C18H20F2N2O2/c1-22(2)9-10-24-15-6-3-13(4-7-15)12-21-18(23)16-8-5-14(19)11-17(16)20/h3-8,11H,9-10,12H2,1-2H3,(H,21,23). The van der Waals surface area contributed by atoms with Crippen molar-refractivity contribution in [2.45, 2.75) is 6.54 Å². The molecule has 6 heteroatoms. The highest BCUT2D eigenvalue weighted by atomic mass is 19.1. The number of halogens is 2. The highest BCUT2D eigenvalue weighted by Gasteiger charge is 2.12. The zero-order chi connectivity index (χ0) is 17.5. The fourth-order valence-electron chi connectivity index (χ4n) is 2.00. The Morgan fingerprint density at radius 3 is 2.46 bits per heavy atom. The second kappa shape index (κ2) is 8.40. The SMILES string of the molecule is CN(C)CCOc1ccc(CNC(=O)c2ccc(F)cc2F)cc1. The average Bonchev–Trinajstić information content (AvgIpc) is 2.53. The average molecular weight is 334 g/mol. The zero-order valence-electron chi connectivity index (χ0n) is 13.7. The number of likely N-dealkylation sites (N-methyl/N-ethyl adjacent to an activating group) is 1. The summed E-state index contributed by atoms with van der Waals surface area (Å²) < 4.78 is 32.0. The predicted molar refractivity (Wildman–Crippen MR) is 88.0 cm³/mol. The Kier molecular flexibility index (Phi) is 6.26. The van der Waals surface area contributed by atoms with Crippen LogP contribution in [0.3, 0.4) is 0 Å². The Balaban J connectivity index is 1.86. The minimum atomic E-state index is -0.878. The molecule has 0 unspecified atom stereocenters. The summed E-state index contributed by atoms with van der Waals surface area (Å²) in [5.41, 5.74) is 0.672. The highest BCUT2D eigenvalue weighted by Crippen LogP contribution is 2.13. The zero-order valence-corrected chi connectivity index (χ0v) is 13.7. The number of hydrogen-bond acceptors (Lipinski definition) is 3. The van der Waals surface area contributed by atoms with E-state index < -0.39 is 17.5 Å². The second-order valence-corrected chi connectivity index (χ2v) is 5.60. The minimum Gasteiger partial charge on any atom is -0.492 e. The molecule has 0 radical (unpaired) electrons. The van der Waals surface area contributed by atoms with Crippen LogP contribution in [0.15, 0.2) is 42.5 Å². The van der Waals surface area contributed by atoms with Gasteiger partial charge in [-0.2, -0.15) is 0 Å². The maximum absolute atomic E-state index is 13.5. The third-order valence-corrected chi connectivity index (χ3v) is 3.36. The molecule has 0 aliphatic carbocycles. The van der Waals surface area contributed by atoms with Crippen molar-refractivity contribution in [1.82, 2.24) is 10.2 Å². The van der Waals surface area contributed by atoms with Gasteiger partial charge >= 0.3 is 0 Å². The number of carbonyl (C=O) groups excluding carboxylic acids is 1. The van der Waals surface area contributed by atoms with Gasteiger partial charge in [-0.1, -0.05) is 12.1 Å². The molecule has 1 N–H and O–H groups in total. The van der Waals surface area contributed by atoms with E-state index in [2.05, 4.69) is 5.32 Å². The van der Waals surface area contributed by atoms with Crippen molar-refractivity contribution in [1.29, 1.82) is 0 Å². The lowest BCUT2D eigenvalue weighted by molar-refractivity contribution is 0.0947. The van der Waals surface area contributed by atoms with Gasteiger partial charge in [0.2, 0.25) is 0 Å². The van der Waals surface area contributed by atoms with Crippen LogP contribution in [-0.2, 0) is 6.54 Å². The van der Waals surface area contributed by atoms with E-state index in [0.29, 0.717) is 12.7 Å². The van der Waals surface area contributed by atoms with Gasteiger partial charge in [-0.3, -0.25) is 4.79 Å². The van der Waals surface area contributed by atoms with Gasteiger partial charge in [-0.25, -0.2) is 8.78 Å². The van der Waals surface area contributed by atoms with Crippen molar-refractivity contribution >= 4 is 5.91 Å². The van der Waals surface area contributed by atoms with Crippen molar-refractivity contribution in [2.24, 2.45) is 0 Å². The molecule has 0 atom stereocenters. The van der Waals surface area contributed by atoms with Crippen LogP contribution < -0.4 is 10.1 Å². The first-order chi connectivity index (χ1) is 11.5. The summed E-state index contributed by atoms with van der Waals surface area (Å²) in [5.74, 6) is -1.43. The van der Waals surface area contributed by atoms with Crippen LogP contribution in [0.4, 0.5) is 8.78 Å². The largest absolute Gasteiger partial charge is 0.492 e. The van der Waals surface area contributed by atoms with Crippen LogP contribution in [0.1, 0.15) is 15.9 Å². The molecule has 2 aromatic carbocycles. The maximum atomic E-state index is 13.5. The smallest absolute Gasteiger partial charge is 0.254 e. The van der Waals surface area contributed by atoms with Gasteiger partial charge in [-0.15, -0.1) is 0 Å².